The number of nitrogens with zero attached hydrogens (tertiary/aromatic N) is 8. The van der Waals surface area contributed by atoms with E-state index >= 15 is 0 Å². The van der Waals surface area contributed by atoms with Crippen molar-refractivity contribution in [3.05, 3.63) is 65.2 Å². The van der Waals surface area contributed by atoms with Gasteiger partial charge in [-0.2, -0.15) is 10.2 Å². The largest absolute Gasteiger partial charge is 0.382 e. The van der Waals surface area contributed by atoms with Crippen LogP contribution in [0.3, 0.4) is 0 Å². The van der Waals surface area contributed by atoms with E-state index in [2.05, 4.69) is 35.9 Å². The number of carbonyl (C=O) groups excluding carboxylic acids is 4. The molecule has 3 atom stereocenters. The van der Waals surface area contributed by atoms with Gasteiger partial charge in [-0.1, -0.05) is 6.07 Å². The third-order valence-electron chi connectivity index (χ3n) is 13.9. The molecule has 1 aromatic carbocycles. The summed E-state index contributed by atoms with van der Waals surface area (Å²) in [6, 6.07) is 6.99. The first-order chi connectivity index (χ1) is 30.6. The molecule has 3 aromatic heterocycles. The Labute approximate surface area is 362 Å². The zero-order valence-electron chi connectivity index (χ0n) is 35.1. The molecular formula is C44H53F2N11O6. The van der Waals surface area contributed by atoms with Gasteiger partial charge in [0.25, 0.3) is 18.2 Å². The molecule has 19 heteroatoms. The normalized spacial score (nSPS) is 25.4. The van der Waals surface area contributed by atoms with Crippen molar-refractivity contribution in [2.75, 3.05) is 68.1 Å². The summed E-state index contributed by atoms with van der Waals surface area (Å²) in [7, 11) is 0. The molecule has 4 aromatic rings. The van der Waals surface area contributed by atoms with E-state index in [0.29, 0.717) is 62.4 Å². The van der Waals surface area contributed by atoms with E-state index < -0.39 is 30.0 Å². The highest BCUT2D eigenvalue weighted by molar-refractivity contribution is 6.08. The minimum atomic E-state index is -2.85. The number of nitrogens with one attached hydrogen (secondary N) is 3. The molecule has 10 rings (SSSR count). The van der Waals surface area contributed by atoms with Crippen LogP contribution in [0.25, 0.3) is 5.65 Å². The summed E-state index contributed by atoms with van der Waals surface area (Å²) in [5.74, 6) is 0.264. The number of amides is 4. The second-order valence-corrected chi connectivity index (χ2v) is 17.9. The predicted octanol–water partition coefficient (Wildman–Crippen LogP) is 4.43. The molecule has 17 nitrogen and oxygen atoms in total. The highest BCUT2D eigenvalue weighted by atomic mass is 19.3. The molecular weight excluding hydrogens is 817 g/mol. The lowest BCUT2D eigenvalue weighted by Crippen LogP contribution is -2.52. The third kappa shape index (κ3) is 8.49. The summed E-state index contributed by atoms with van der Waals surface area (Å²) < 4.78 is 43.5. The van der Waals surface area contributed by atoms with E-state index in [1.165, 1.54) is 10.7 Å². The van der Waals surface area contributed by atoms with Gasteiger partial charge in [0.1, 0.15) is 17.4 Å². The maximum atomic E-state index is 14.3. The van der Waals surface area contributed by atoms with Crippen molar-refractivity contribution in [3.8, 4) is 0 Å². The van der Waals surface area contributed by atoms with Crippen molar-refractivity contribution < 1.29 is 37.4 Å². The average molecular weight is 870 g/mol. The van der Waals surface area contributed by atoms with Crippen molar-refractivity contribution in [1.29, 1.82) is 0 Å². The van der Waals surface area contributed by atoms with Crippen LogP contribution in [-0.2, 0) is 25.6 Å². The Hall–Kier alpha value is -5.53. The van der Waals surface area contributed by atoms with Crippen LogP contribution in [0.5, 0.6) is 0 Å². The molecule has 8 heterocycles. The standard InChI is InChI=1S/C44H53F2N11O6/c45-40(46)39-35(49-42(59)32-19-48-56-16-12-37(50-41(32)56)54-21-30-18-29(54)25-63-30)23-57(52-39)28-6-4-26(5-7-28)20-53-14-10-27(11-15-53)24-62-17-13-47-34-3-1-2-31-33(34)22-55(44(31)61)36-8-9-38(58)51-43(36)60/h1-3,12,16,19,23,26-30,36,40,47H,4-11,13-15,17-18,20-22,24-25H2,(H,49,59)(H,51,58,60)/t26-,28-,29-,30-,36?/m1/s1. The van der Waals surface area contributed by atoms with Crippen LogP contribution in [0, 0.1) is 11.8 Å². The summed E-state index contributed by atoms with van der Waals surface area (Å²) in [6.45, 7) is 6.54. The second kappa shape index (κ2) is 17.6. The number of alkyl halides is 2. The number of imide groups is 1. The molecule has 5 aliphatic heterocycles. The van der Waals surface area contributed by atoms with Crippen LogP contribution in [0.4, 0.5) is 26.0 Å². The number of aromatic nitrogens is 5. The van der Waals surface area contributed by atoms with E-state index in [1.807, 2.05) is 18.2 Å². The van der Waals surface area contributed by atoms with E-state index in [1.54, 1.807) is 28.0 Å². The summed E-state index contributed by atoms with van der Waals surface area (Å²) in [4.78, 5) is 61.8. The first-order valence-electron chi connectivity index (χ1n) is 22.4. The maximum Gasteiger partial charge on any atom is 0.284 e. The van der Waals surface area contributed by atoms with Gasteiger partial charge < -0.3 is 34.8 Å². The molecule has 2 bridgehead atoms. The summed E-state index contributed by atoms with van der Waals surface area (Å²) in [5.41, 5.74) is 2.41. The fourth-order valence-corrected chi connectivity index (χ4v) is 10.5. The molecule has 1 aliphatic carbocycles. The molecule has 4 amide bonds. The number of morpholine rings is 1. The molecule has 0 spiro atoms. The number of hydrogen-bond donors (Lipinski definition) is 3. The van der Waals surface area contributed by atoms with Gasteiger partial charge >= 0.3 is 0 Å². The van der Waals surface area contributed by atoms with Gasteiger partial charge in [0.2, 0.25) is 11.8 Å². The van der Waals surface area contributed by atoms with E-state index in [9.17, 15) is 28.0 Å². The minimum absolute atomic E-state index is 0.00174. The van der Waals surface area contributed by atoms with Crippen molar-refractivity contribution >= 4 is 46.5 Å². The predicted molar refractivity (Wildman–Crippen MR) is 226 cm³/mol. The van der Waals surface area contributed by atoms with Gasteiger partial charge in [-0.05, 0) is 94.5 Å². The minimum Gasteiger partial charge on any atom is -0.382 e. The maximum absolute atomic E-state index is 14.3. The summed E-state index contributed by atoms with van der Waals surface area (Å²) >= 11 is 0. The molecule has 4 saturated heterocycles. The zero-order valence-corrected chi connectivity index (χ0v) is 35.1. The van der Waals surface area contributed by atoms with Gasteiger partial charge in [0.15, 0.2) is 11.3 Å². The molecule has 63 heavy (non-hydrogen) atoms. The number of piperidine rings is 2. The molecule has 334 valence electrons. The van der Waals surface area contributed by atoms with Crippen molar-refractivity contribution in [3.63, 3.8) is 0 Å². The number of carbonyl (C=O) groups is 4. The highest BCUT2D eigenvalue weighted by Crippen LogP contribution is 2.37. The number of likely N-dealkylation sites (tertiary alicyclic amines) is 1. The quantitative estimate of drug-likeness (QED) is 0.120. The van der Waals surface area contributed by atoms with Crippen LogP contribution < -0.4 is 20.9 Å². The van der Waals surface area contributed by atoms with Gasteiger partial charge in [-0.3, -0.25) is 29.2 Å². The Bertz CT molecular complexity index is 2370. The number of hydrogen-bond acceptors (Lipinski definition) is 12. The molecule has 3 N–H and O–H groups in total. The second-order valence-electron chi connectivity index (χ2n) is 17.9. The number of benzene rings is 1. The smallest absolute Gasteiger partial charge is 0.284 e. The van der Waals surface area contributed by atoms with E-state index in [4.69, 9.17) is 14.5 Å². The van der Waals surface area contributed by atoms with Crippen molar-refractivity contribution in [2.45, 2.75) is 95.0 Å². The zero-order chi connectivity index (χ0) is 43.2. The first-order valence-corrected chi connectivity index (χ1v) is 22.4. The average Bonchev–Trinajstić information content (AvgIpc) is 4.14. The highest BCUT2D eigenvalue weighted by Gasteiger charge is 2.41. The van der Waals surface area contributed by atoms with Crippen LogP contribution in [-0.4, -0.2) is 129 Å². The molecule has 5 fully saturated rings. The molecule has 1 saturated carbocycles. The number of halogens is 2. The Morgan fingerprint density at radius 2 is 1.83 bits per heavy atom. The molecule has 6 aliphatic rings. The Morgan fingerprint density at radius 1 is 0.984 bits per heavy atom. The Kier molecular flexibility index (Phi) is 11.6. The van der Waals surface area contributed by atoms with Crippen LogP contribution in [0.15, 0.2) is 42.9 Å². The van der Waals surface area contributed by atoms with Gasteiger partial charge in [0, 0.05) is 68.4 Å². The lowest BCUT2D eigenvalue weighted by Gasteiger charge is -2.36. The van der Waals surface area contributed by atoms with Gasteiger partial charge in [-0.15, -0.1) is 0 Å². The number of ether oxygens (including phenoxy) is 2. The lowest BCUT2D eigenvalue weighted by atomic mass is 9.85. The topological polar surface area (TPSA) is 181 Å². The monoisotopic (exact) mass is 869 g/mol. The van der Waals surface area contributed by atoms with Crippen molar-refractivity contribution in [1.82, 2.24) is 39.5 Å². The molecule has 1 unspecified atom stereocenters. The Balaban J connectivity index is 0.653. The van der Waals surface area contributed by atoms with Crippen LogP contribution >= 0.6 is 0 Å². The van der Waals surface area contributed by atoms with Gasteiger partial charge in [0.05, 0.1) is 43.3 Å². The van der Waals surface area contributed by atoms with E-state index in [0.717, 1.165) is 88.2 Å². The molecule has 0 radical (unpaired) electrons. The van der Waals surface area contributed by atoms with Gasteiger partial charge in [-0.25, -0.2) is 18.3 Å². The van der Waals surface area contributed by atoms with E-state index in [-0.39, 0.29) is 47.7 Å². The van der Waals surface area contributed by atoms with Crippen molar-refractivity contribution in [2.24, 2.45) is 11.8 Å². The fourth-order valence-electron chi connectivity index (χ4n) is 10.5. The summed E-state index contributed by atoms with van der Waals surface area (Å²) in [6.07, 6.45) is 9.27. The first kappa shape index (κ1) is 41.5. The number of fused-ring (bicyclic) bond motifs is 4. The summed E-state index contributed by atoms with van der Waals surface area (Å²) in [5, 5.41) is 17.0. The number of rotatable bonds is 14. The lowest BCUT2D eigenvalue weighted by molar-refractivity contribution is -0.136. The third-order valence-corrected chi connectivity index (χ3v) is 13.9. The SMILES string of the molecule is O=C1CCC(N2Cc3c(NCCOCC4CCN(C[C@H]5CC[C@H](n6cc(NC(=O)c7cnn8ccc(N9C[C@H]%10C[C@@H]9CO%10)nc78)c(C(F)F)n6)CC5)CC4)cccc3C2=O)C(=O)N1. The Morgan fingerprint density at radius 3 is 2.59 bits per heavy atom. The fraction of sp³-hybridized carbons (Fsp3) is 0.568. The number of anilines is 3. The van der Waals surface area contributed by atoms with Crippen LogP contribution in [0.1, 0.15) is 102 Å². The van der Waals surface area contributed by atoms with Crippen LogP contribution in [0.2, 0.25) is 0 Å².